The van der Waals surface area contributed by atoms with Crippen molar-refractivity contribution in [1.82, 2.24) is 10.3 Å². The largest absolute Gasteiger partial charge is 0.372 e. The Balaban J connectivity index is 1.38. The van der Waals surface area contributed by atoms with Gasteiger partial charge in [0.25, 0.3) is 5.91 Å². The van der Waals surface area contributed by atoms with Crippen LogP contribution in [0.2, 0.25) is 0 Å². The molecule has 1 fully saturated rings. The van der Waals surface area contributed by atoms with Gasteiger partial charge in [0.2, 0.25) is 0 Å². The minimum atomic E-state index is -0.181. The highest BCUT2D eigenvalue weighted by atomic mass is 16.1. The lowest BCUT2D eigenvalue weighted by Gasteiger charge is -2.18. The lowest BCUT2D eigenvalue weighted by Crippen LogP contribution is -2.23. The molecule has 0 aliphatic carbocycles. The number of amides is 1. The smallest absolute Gasteiger partial charge is 0.270 e. The van der Waals surface area contributed by atoms with Gasteiger partial charge in [-0.3, -0.25) is 9.78 Å². The van der Waals surface area contributed by atoms with Crippen LogP contribution in [0.15, 0.2) is 66.9 Å². The number of benzene rings is 2. The minimum Gasteiger partial charge on any atom is -0.372 e. The molecule has 1 aromatic heterocycles. The molecule has 0 radical (unpaired) electrons. The molecule has 0 spiro atoms. The van der Waals surface area contributed by atoms with Crippen LogP contribution in [-0.4, -0.2) is 24.0 Å². The molecule has 1 aliphatic heterocycles. The quantitative estimate of drug-likeness (QED) is 0.647. The van der Waals surface area contributed by atoms with Crippen LogP contribution in [0.1, 0.15) is 34.5 Å². The average Bonchev–Trinajstić information content (AvgIpc) is 3.28. The van der Waals surface area contributed by atoms with Crippen LogP contribution in [0.3, 0.4) is 0 Å². The lowest BCUT2D eigenvalue weighted by atomic mass is 10.1. The third-order valence-corrected chi connectivity index (χ3v) is 5.16. The zero-order chi connectivity index (χ0) is 20.1. The highest BCUT2D eigenvalue weighted by Crippen LogP contribution is 2.24. The van der Waals surface area contributed by atoms with Crippen LogP contribution in [0.4, 0.5) is 17.1 Å². The molecular weight excluding hydrogens is 360 g/mol. The van der Waals surface area contributed by atoms with Gasteiger partial charge in [0, 0.05) is 42.9 Å². The number of aryl methyl sites for hydroxylation is 1. The van der Waals surface area contributed by atoms with E-state index in [9.17, 15) is 4.79 Å². The fraction of sp³-hybridized carbons (Fsp3) is 0.250. The van der Waals surface area contributed by atoms with E-state index < -0.39 is 0 Å². The highest BCUT2D eigenvalue weighted by molar-refractivity contribution is 5.93. The highest BCUT2D eigenvalue weighted by Gasteiger charge is 2.12. The Kier molecular flexibility index (Phi) is 5.75. The molecular formula is C24H26N4O. The summed E-state index contributed by atoms with van der Waals surface area (Å²) in [5.74, 6) is -0.181. The molecule has 1 saturated heterocycles. The van der Waals surface area contributed by atoms with Gasteiger partial charge >= 0.3 is 0 Å². The monoisotopic (exact) mass is 386 g/mol. The maximum absolute atomic E-state index is 12.5. The van der Waals surface area contributed by atoms with E-state index in [1.165, 1.54) is 24.1 Å². The summed E-state index contributed by atoms with van der Waals surface area (Å²) in [5.41, 5.74) is 5.75. The molecule has 0 bridgehead atoms. The molecule has 29 heavy (non-hydrogen) atoms. The van der Waals surface area contributed by atoms with Crippen molar-refractivity contribution in [3.05, 3.63) is 83.7 Å². The first-order chi connectivity index (χ1) is 14.2. The van der Waals surface area contributed by atoms with E-state index >= 15 is 0 Å². The summed E-state index contributed by atoms with van der Waals surface area (Å²) in [6.45, 7) is 4.80. The summed E-state index contributed by atoms with van der Waals surface area (Å²) >= 11 is 0. The Morgan fingerprint density at radius 2 is 1.79 bits per heavy atom. The van der Waals surface area contributed by atoms with Crippen molar-refractivity contribution in [2.75, 3.05) is 23.3 Å². The Morgan fingerprint density at radius 3 is 2.55 bits per heavy atom. The average molecular weight is 386 g/mol. The standard InChI is InChI=1S/C24H26N4O/c1-18-5-4-6-19(15-18)17-26-24(29)23-16-21(11-12-25-23)27-20-7-9-22(10-8-20)28-13-2-3-14-28/h4-12,15-16H,2-3,13-14,17H2,1H3,(H,25,27)(H,26,29). The second kappa shape index (κ2) is 8.78. The molecule has 0 atom stereocenters. The van der Waals surface area contributed by atoms with Crippen molar-refractivity contribution in [2.24, 2.45) is 0 Å². The second-order valence-corrected chi connectivity index (χ2v) is 7.47. The van der Waals surface area contributed by atoms with Gasteiger partial charge in [-0.15, -0.1) is 0 Å². The molecule has 2 aromatic carbocycles. The molecule has 4 rings (SSSR count). The van der Waals surface area contributed by atoms with Gasteiger partial charge in [0.15, 0.2) is 0 Å². The first-order valence-electron chi connectivity index (χ1n) is 10.1. The predicted molar refractivity (Wildman–Crippen MR) is 118 cm³/mol. The lowest BCUT2D eigenvalue weighted by molar-refractivity contribution is 0.0946. The third kappa shape index (κ3) is 4.93. The molecule has 5 nitrogen and oxygen atoms in total. The zero-order valence-corrected chi connectivity index (χ0v) is 16.7. The summed E-state index contributed by atoms with van der Waals surface area (Å²) in [6.07, 6.45) is 4.19. The van der Waals surface area contributed by atoms with E-state index in [0.29, 0.717) is 12.2 Å². The van der Waals surface area contributed by atoms with Gasteiger partial charge in [-0.25, -0.2) is 0 Å². The first-order valence-corrected chi connectivity index (χ1v) is 10.1. The first kappa shape index (κ1) is 19.0. The molecule has 1 aliphatic rings. The van der Waals surface area contributed by atoms with Crippen LogP contribution in [-0.2, 0) is 6.54 Å². The van der Waals surface area contributed by atoms with Gasteiger partial charge in [-0.1, -0.05) is 29.8 Å². The van der Waals surface area contributed by atoms with Crippen molar-refractivity contribution >= 4 is 23.0 Å². The molecule has 3 aromatic rings. The Morgan fingerprint density at radius 1 is 1.00 bits per heavy atom. The maximum Gasteiger partial charge on any atom is 0.270 e. The van der Waals surface area contributed by atoms with E-state index in [4.69, 9.17) is 0 Å². The fourth-order valence-corrected chi connectivity index (χ4v) is 3.63. The second-order valence-electron chi connectivity index (χ2n) is 7.47. The zero-order valence-electron chi connectivity index (χ0n) is 16.7. The van der Waals surface area contributed by atoms with E-state index in [1.807, 2.05) is 31.2 Å². The number of rotatable bonds is 6. The maximum atomic E-state index is 12.5. The number of hydrogen-bond donors (Lipinski definition) is 2. The topological polar surface area (TPSA) is 57.3 Å². The van der Waals surface area contributed by atoms with Crippen molar-refractivity contribution in [3.63, 3.8) is 0 Å². The SMILES string of the molecule is Cc1cccc(CNC(=O)c2cc(Nc3ccc(N4CCCC4)cc3)ccn2)c1. The molecule has 148 valence electrons. The van der Waals surface area contributed by atoms with Crippen LogP contribution < -0.4 is 15.5 Å². The predicted octanol–water partition coefficient (Wildman–Crippen LogP) is 4.66. The summed E-state index contributed by atoms with van der Waals surface area (Å²) in [7, 11) is 0. The minimum absolute atomic E-state index is 0.181. The van der Waals surface area contributed by atoms with Crippen LogP contribution in [0.5, 0.6) is 0 Å². The van der Waals surface area contributed by atoms with Crippen molar-refractivity contribution in [1.29, 1.82) is 0 Å². The van der Waals surface area contributed by atoms with Crippen molar-refractivity contribution in [3.8, 4) is 0 Å². The molecule has 5 heteroatoms. The van der Waals surface area contributed by atoms with Gasteiger partial charge in [-0.2, -0.15) is 0 Å². The summed E-state index contributed by atoms with van der Waals surface area (Å²) in [4.78, 5) is 19.1. The number of anilines is 3. The van der Waals surface area contributed by atoms with Crippen LogP contribution in [0.25, 0.3) is 0 Å². The Labute approximate surface area is 171 Å². The summed E-state index contributed by atoms with van der Waals surface area (Å²) < 4.78 is 0. The van der Waals surface area contributed by atoms with Crippen LogP contribution >= 0.6 is 0 Å². The number of carbonyl (C=O) groups is 1. The number of carbonyl (C=O) groups excluding carboxylic acids is 1. The van der Waals surface area contributed by atoms with Crippen molar-refractivity contribution < 1.29 is 4.79 Å². The number of hydrogen-bond acceptors (Lipinski definition) is 4. The van der Waals surface area contributed by atoms with Crippen molar-refractivity contribution in [2.45, 2.75) is 26.3 Å². The number of aromatic nitrogens is 1. The van der Waals surface area contributed by atoms with Gasteiger partial charge in [0.1, 0.15) is 5.69 Å². The van der Waals surface area contributed by atoms with E-state index in [2.05, 4.69) is 50.8 Å². The molecule has 2 N–H and O–H groups in total. The summed E-state index contributed by atoms with van der Waals surface area (Å²) in [6, 6.07) is 20.2. The van der Waals surface area contributed by atoms with Gasteiger partial charge in [0.05, 0.1) is 0 Å². The summed E-state index contributed by atoms with van der Waals surface area (Å²) in [5, 5.41) is 6.30. The molecule has 1 amide bonds. The number of pyridine rings is 1. The molecule has 0 unspecified atom stereocenters. The van der Waals surface area contributed by atoms with E-state index in [1.54, 1.807) is 12.3 Å². The Bertz CT molecular complexity index is 978. The Hall–Kier alpha value is -3.34. The fourth-order valence-electron chi connectivity index (χ4n) is 3.63. The molecule has 2 heterocycles. The third-order valence-electron chi connectivity index (χ3n) is 5.16. The normalized spacial score (nSPS) is 13.3. The molecule has 0 saturated carbocycles. The number of nitrogens with zero attached hydrogens (tertiary/aromatic N) is 2. The number of nitrogens with one attached hydrogen (secondary N) is 2. The van der Waals surface area contributed by atoms with E-state index in [0.717, 1.165) is 30.0 Å². The van der Waals surface area contributed by atoms with E-state index in [-0.39, 0.29) is 5.91 Å². The van der Waals surface area contributed by atoms with Gasteiger partial charge in [-0.05, 0) is 61.7 Å². The van der Waals surface area contributed by atoms with Crippen LogP contribution in [0, 0.1) is 6.92 Å². The van der Waals surface area contributed by atoms with Gasteiger partial charge < -0.3 is 15.5 Å².